The van der Waals surface area contributed by atoms with Gasteiger partial charge in [-0.05, 0) is 62.2 Å². The van der Waals surface area contributed by atoms with Gasteiger partial charge in [-0.2, -0.15) is 4.91 Å². The number of allylic oxidation sites excluding steroid dienone is 1. The van der Waals surface area contributed by atoms with Crippen molar-refractivity contribution in [2.75, 3.05) is 0 Å². The van der Waals surface area contributed by atoms with E-state index < -0.39 is 5.54 Å². The van der Waals surface area contributed by atoms with Crippen LogP contribution < -0.4 is 11.5 Å². The van der Waals surface area contributed by atoms with Crippen LogP contribution in [0.5, 0.6) is 0 Å². The van der Waals surface area contributed by atoms with Crippen molar-refractivity contribution in [2.24, 2.45) is 40.3 Å². The number of fused-ring (bicyclic) bond motifs is 5. The molecule has 0 amide bonds. The molecule has 0 aromatic heterocycles. The number of Topliss-reactive ketones (excluding diaryl/α,β-unsaturated/α-hetero) is 1. The lowest BCUT2D eigenvalue weighted by atomic mass is 9.50. The fourth-order valence-electron chi connectivity index (χ4n) is 6.29. The highest BCUT2D eigenvalue weighted by Gasteiger charge is 2.62. The van der Waals surface area contributed by atoms with Crippen LogP contribution in [0.3, 0.4) is 0 Å². The van der Waals surface area contributed by atoms with Gasteiger partial charge in [-0.15, -0.1) is 0 Å². The number of carbonyl (C=O) groups excluding carboxylic acids is 1. The maximum atomic E-state index is 12.4. The molecule has 4 aliphatic rings. The highest BCUT2D eigenvalue weighted by atomic mass is 16.3. The normalized spacial score (nSPS) is 52.2. The SMILES string of the molecule is CC1CC2C(CC=C3C[C@@H](N=O)CC[C@@]32N)C2CCC(=O)[C@@]12N. The minimum atomic E-state index is -0.634. The van der Waals surface area contributed by atoms with Gasteiger partial charge in [0.25, 0.3) is 0 Å². The van der Waals surface area contributed by atoms with Gasteiger partial charge in [-0.3, -0.25) is 4.79 Å². The summed E-state index contributed by atoms with van der Waals surface area (Å²) >= 11 is 0. The van der Waals surface area contributed by atoms with Crippen molar-refractivity contribution in [1.82, 2.24) is 0 Å². The zero-order valence-electron chi connectivity index (χ0n) is 13.8. The van der Waals surface area contributed by atoms with Crippen LogP contribution in [0.15, 0.2) is 16.8 Å². The van der Waals surface area contributed by atoms with Crippen molar-refractivity contribution in [3.05, 3.63) is 16.6 Å². The fraction of sp³-hybridized carbons (Fsp3) is 0.833. The van der Waals surface area contributed by atoms with Crippen LogP contribution in [0.25, 0.3) is 0 Å². The maximum absolute atomic E-state index is 12.4. The van der Waals surface area contributed by atoms with Crippen LogP contribution in [0, 0.1) is 28.6 Å². The third-order valence-electron chi connectivity index (χ3n) is 7.63. The summed E-state index contributed by atoms with van der Waals surface area (Å²) < 4.78 is 0. The number of nitroso groups, excluding NO2 is 1. The van der Waals surface area contributed by atoms with Gasteiger partial charge in [-0.25, -0.2) is 0 Å². The summed E-state index contributed by atoms with van der Waals surface area (Å²) in [7, 11) is 0. The number of rotatable bonds is 1. The monoisotopic (exact) mass is 317 g/mol. The quantitative estimate of drug-likeness (QED) is 0.572. The first-order valence-corrected chi connectivity index (χ1v) is 9.04. The first kappa shape index (κ1) is 15.5. The Labute approximate surface area is 137 Å². The molecule has 5 heteroatoms. The van der Waals surface area contributed by atoms with E-state index in [1.165, 1.54) is 5.57 Å². The average Bonchev–Trinajstić information content (AvgIpc) is 2.85. The van der Waals surface area contributed by atoms with Gasteiger partial charge in [0, 0.05) is 12.0 Å². The Bertz CT molecular complexity index is 589. The third kappa shape index (κ3) is 1.89. The Morgan fingerprint density at radius 1 is 1.26 bits per heavy atom. The van der Waals surface area contributed by atoms with Crippen molar-refractivity contribution in [1.29, 1.82) is 0 Å². The van der Waals surface area contributed by atoms with E-state index in [1.54, 1.807) is 0 Å². The van der Waals surface area contributed by atoms with Gasteiger partial charge in [0.2, 0.25) is 0 Å². The molecule has 126 valence electrons. The Kier molecular flexibility index (Phi) is 3.34. The number of nitrogens with two attached hydrogens (primary N) is 2. The van der Waals surface area contributed by atoms with Gasteiger partial charge in [0.05, 0.1) is 11.6 Å². The fourth-order valence-corrected chi connectivity index (χ4v) is 6.29. The van der Waals surface area contributed by atoms with Gasteiger partial charge >= 0.3 is 0 Å². The molecule has 5 nitrogen and oxygen atoms in total. The first-order chi connectivity index (χ1) is 10.9. The van der Waals surface area contributed by atoms with E-state index in [2.05, 4.69) is 18.2 Å². The van der Waals surface area contributed by atoms with E-state index in [9.17, 15) is 9.70 Å². The number of hydrogen-bond acceptors (Lipinski definition) is 5. The molecule has 0 spiro atoms. The molecule has 4 rings (SSSR count). The number of carbonyl (C=O) groups is 1. The maximum Gasteiger partial charge on any atom is 0.153 e. The summed E-state index contributed by atoms with van der Waals surface area (Å²) in [5.74, 6) is 1.51. The molecule has 0 aromatic rings. The van der Waals surface area contributed by atoms with E-state index in [4.69, 9.17) is 11.5 Å². The molecule has 0 radical (unpaired) electrons. The second-order valence-corrected chi connectivity index (χ2v) is 8.42. The van der Waals surface area contributed by atoms with E-state index in [0.717, 1.165) is 38.5 Å². The zero-order chi connectivity index (χ0) is 16.4. The minimum absolute atomic E-state index is 0.114. The second kappa shape index (κ2) is 4.96. The summed E-state index contributed by atoms with van der Waals surface area (Å²) in [6.07, 6.45) is 8.00. The Morgan fingerprint density at radius 2 is 2.04 bits per heavy atom. The highest BCUT2D eigenvalue weighted by molar-refractivity contribution is 5.91. The Hall–Kier alpha value is -1.07. The van der Waals surface area contributed by atoms with Crippen LogP contribution in [0.2, 0.25) is 0 Å². The van der Waals surface area contributed by atoms with Crippen LogP contribution in [-0.2, 0) is 4.79 Å². The zero-order valence-corrected chi connectivity index (χ0v) is 13.8. The molecule has 0 bridgehead atoms. The van der Waals surface area contributed by atoms with Crippen LogP contribution in [-0.4, -0.2) is 22.9 Å². The Balaban J connectivity index is 1.71. The lowest BCUT2D eigenvalue weighted by Gasteiger charge is -2.58. The predicted octanol–water partition coefficient (Wildman–Crippen LogP) is 2.28. The molecule has 23 heavy (non-hydrogen) atoms. The van der Waals surface area contributed by atoms with E-state index in [1.807, 2.05) is 0 Å². The predicted molar refractivity (Wildman–Crippen MR) is 88.5 cm³/mol. The molecule has 4 aliphatic carbocycles. The summed E-state index contributed by atoms with van der Waals surface area (Å²) in [4.78, 5) is 23.4. The topological polar surface area (TPSA) is 98.5 Å². The highest BCUT2D eigenvalue weighted by Crippen LogP contribution is 2.58. The summed E-state index contributed by atoms with van der Waals surface area (Å²) in [5.41, 5.74) is 13.9. The Morgan fingerprint density at radius 3 is 2.78 bits per heavy atom. The largest absolute Gasteiger partial charge is 0.321 e. The number of hydrogen-bond donors (Lipinski definition) is 2. The van der Waals surface area contributed by atoms with Crippen molar-refractivity contribution < 1.29 is 4.79 Å². The summed E-state index contributed by atoms with van der Waals surface area (Å²) in [5, 5.41) is 3.25. The standard InChI is InChI=1S/C18H27N3O2/c1-10-8-15-13(14-4-5-16(22)18(10,14)20)3-2-11-9-12(21-23)6-7-17(11,15)19/h2,10,12-15H,3-9,19-20H2,1H3/t10?,12-,13?,14?,15?,17+,18+/m0/s1. The molecule has 3 saturated carbocycles. The van der Waals surface area contributed by atoms with E-state index in [0.29, 0.717) is 18.3 Å². The van der Waals surface area contributed by atoms with Gasteiger partial charge in [0.1, 0.15) is 0 Å². The third-order valence-corrected chi connectivity index (χ3v) is 7.63. The molecule has 0 heterocycles. The minimum Gasteiger partial charge on any atom is -0.321 e. The lowest BCUT2D eigenvalue weighted by molar-refractivity contribution is -0.128. The van der Waals surface area contributed by atoms with Gasteiger partial charge in [-0.1, -0.05) is 23.7 Å². The van der Waals surface area contributed by atoms with Crippen molar-refractivity contribution in [2.45, 2.75) is 69.0 Å². The number of nitrogens with zero attached hydrogens (tertiary/aromatic N) is 1. The van der Waals surface area contributed by atoms with Crippen molar-refractivity contribution in [3.63, 3.8) is 0 Å². The van der Waals surface area contributed by atoms with Gasteiger partial charge < -0.3 is 11.5 Å². The lowest BCUT2D eigenvalue weighted by Crippen LogP contribution is -2.67. The van der Waals surface area contributed by atoms with Crippen LogP contribution in [0.4, 0.5) is 0 Å². The molecule has 7 atom stereocenters. The summed E-state index contributed by atoms with van der Waals surface area (Å²) in [6.45, 7) is 2.13. The van der Waals surface area contributed by atoms with Gasteiger partial charge in [0.15, 0.2) is 5.78 Å². The molecule has 4 unspecified atom stereocenters. The van der Waals surface area contributed by atoms with Crippen molar-refractivity contribution >= 4 is 5.78 Å². The first-order valence-electron chi connectivity index (χ1n) is 9.04. The van der Waals surface area contributed by atoms with E-state index >= 15 is 0 Å². The second-order valence-electron chi connectivity index (χ2n) is 8.42. The molecular weight excluding hydrogens is 290 g/mol. The molecule has 0 aliphatic heterocycles. The van der Waals surface area contributed by atoms with Crippen molar-refractivity contribution in [3.8, 4) is 0 Å². The molecular formula is C18H27N3O2. The van der Waals surface area contributed by atoms with Crippen LogP contribution >= 0.6 is 0 Å². The number of ketones is 1. The summed E-state index contributed by atoms with van der Waals surface area (Å²) in [6, 6.07) is -0.114. The molecule has 4 N–H and O–H groups in total. The molecule has 0 saturated heterocycles. The molecule has 0 aromatic carbocycles. The van der Waals surface area contributed by atoms with E-state index in [-0.39, 0.29) is 29.2 Å². The average molecular weight is 317 g/mol. The molecule has 3 fully saturated rings. The smallest absolute Gasteiger partial charge is 0.153 e. The van der Waals surface area contributed by atoms with Crippen LogP contribution in [0.1, 0.15) is 51.9 Å².